The zero-order valence-corrected chi connectivity index (χ0v) is 19.6. The van der Waals surface area contributed by atoms with Gasteiger partial charge in [0.25, 0.3) is 0 Å². The highest BCUT2D eigenvalue weighted by molar-refractivity contribution is 5.76. The highest BCUT2D eigenvalue weighted by Gasteiger charge is 2.37. The largest absolute Gasteiger partial charge is 0.480 e. The molecule has 33 heavy (non-hydrogen) atoms. The maximum absolute atomic E-state index is 12.3. The second-order valence-corrected chi connectivity index (χ2v) is 10.2. The molecule has 1 aromatic heterocycles. The Hall–Kier alpha value is -2.40. The van der Waals surface area contributed by atoms with E-state index in [-0.39, 0.29) is 0 Å². The zero-order valence-electron chi connectivity index (χ0n) is 19.6. The average molecular weight is 448 g/mol. The first kappa shape index (κ1) is 22.4. The van der Waals surface area contributed by atoms with Gasteiger partial charge in [0.15, 0.2) is 0 Å². The first-order valence-electron chi connectivity index (χ1n) is 13.0. The zero-order chi connectivity index (χ0) is 22.6. The molecule has 2 aromatic rings. The van der Waals surface area contributed by atoms with Crippen LogP contribution in [0, 0.1) is 5.92 Å². The number of hydrogen-bond acceptors (Lipinski definition) is 4. The fourth-order valence-corrected chi connectivity index (χ4v) is 5.77. The van der Waals surface area contributed by atoms with Gasteiger partial charge >= 0.3 is 5.97 Å². The summed E-state index contributed by atoms with van der Waals surface area (Å²) >= 11 is 0. The van der Waals surface area contributed by atoms with Crippen molar-refractivity contribution < 1.29 is 9.90 Å². The van der Waals surface area contributed by atoms with Gasteiger partial charge in [0.2, 0.25) is 0 Å². The summed E-state index contributed by atoms with van der Waals surface area (Å²) in [5.41, 5.74) is 4.85. The van der Waals surface area contributed by atoms with Gasteiger partial charge in [-0.1, -0.05) is 43.2 Å². The monoisotopic (exact) mass is 447 g/mol. The molecule has 0 spiro atoms. The van der Waals surface area contributed by atoms with Crippen molar-refractivity contribution in [2.24, 2.45) is 5.92 Å². The molecule has 5 heteroatoms. The number of aromatic nitrogens is 1. The Kier molecular flexibility index (Phi) is 6.96. The third kappa shape index (κ3) is 5.40. The molecule has 5 rings (SSSR count). The Labute approximate surface area is 197 Å². The van der Waals surface area contributed by atoms with Crippen LogP contribution in [0.3, 0.4) is 0 Å². The average Bonchev–Trinajstić information content (AvgIpc) is 3.58. The first-order chi connectivity index (χ1) is 16.2. The number of aryl methyl sites for hydroxylation is 2. The van der Waals surface area contributed by atoms with Crippen LogP contribution in [0.5, 0.6) is 0 Å². The van der Waals surface area contributed by atoms with E-state index in [1.807, 2.05) is 12.1 Å². The number of carbonyl (C=O) groups is 1. The van der Waals surface area contributed by atoms with E-state index in [9.17, 15) is 9.90 Å². The smallest absolute Gasteiger partial charge is 0.325 e. The molecule has 1 aromatic carbocycles. The van der Waals surface area contributed by atoms with Gasteiger partial charge in [0.05, 0.1) is 0 Å². The van der Waals surface area contributed by atoms with Gasteiger partial charge in [-0.3, -0.25) is 9.69 Å². The van der Waals surface area contributed by atoms with Crippen LogP contribution in [0.25, 0.3) is 0 Å². The van der Waals surface area contributed by atoms with Crippen molar-refractivity contribution in [3.63, 3.8) is 0 Å². The predicted octanol–water partition coefficient (Wildman–Crippen LogP) is 5.57. The van der Waals surface area contributed by atoms with E-state index in [1.165, 1.54) is 61.8 Å². The molecular weight excluding hydrogens is 410 g/mol. The lowest BCUT2D eigenvalue weighted by molar-refractivity contribution is -0.143. The molecule has 1 aliphatic carbocycles. The number of carboxylic acid groups (broad SMARTS) is 1. The Bertz CT molecular complexity index is 971. The molecule has 2 aliphatic heterocycles. The van der Waals surface area contributed by atoms with Crippen LogP contribution < -0.4 is 5.32 Å². The molecule has 0 amide bonds. The van der Waals surface area contributed by atoms with Gasteiger partial charge in [-0.15, -0.1) is 0 Å². The second-order valence-electron chi connectivity index (χ2n) is 10.2. The van der Waals surface area contributed by atoms with Crippen molar-refractivity contribution in [3.8, 4) is 0 Å². The predicted molar refractivity (Wildman–Crippen MR) is 132 cm³/mol. The molecule has 176 valence electrons. The van der Waals surface area contributed by atoms with Crippen LogP contribution in [0.15, 0.2) is 36.4 Å². The Morgan fingerprint density at radius 2 is 2.00 bits per heavy atom. The number of anilines is 1. The number of carboxylic acids is 1. The van der Waals surface area contributed by atoms with Gasteiger partial charge in [-0.05, 0) is 92.5 Å². The van der Waals surface area contributed by atoms with Gasteiger partial charge in [0.1, 0.15) is 11.9 Å². The third-order valence-electron chi connectivity index (χ3n) is 7.72. The third-order valence-corrected chi connectivity index (χ3v) is 7.72. The minimum Gasteiger partial charge on any atom is -0.480 e. The number of aliphatic carboxylic acids is 1. The molecule has 1 saturated heterocycles. The van der Waals surface area contributed by atoms with Crippen molar-refractivity contribution in [1.82, 2.24) is 9.88 Å². The number of benzene rings is 1. The number of nitrogens with zero attached hydrogens (tertiary/aromatic N) is 2. The maximum Gasteiger partial charge on any atom is 0.325 e. The van der Waals surface area contributed by atoms with E-state index >= 15 is 0 Å². The fourth-order valence-electron chi connectivity index (χ4n) is 5.77. The summed E-state index contributed by atoms with van der Waals surface area (Å²) in [5.74, 6) is 1.59. The molecule has 2 atom stereocenters. The lowest BCUT2D eigenvalue weighted by Gasteiger charge is -2.26. The standard InChI is InChI=1S/C28H37N3O2/c32-28(33)26(25-11-5-4-10-24(25)21-12-13-21)31-18-16-20(19-31)7-2-1-3-9-23-15-14-22-8-6-17-29-27(22)30-23/h4-5,10-11,14-15,20-21,26H,1-3,6-9,12-13,16-19H2,(H,29,30)(H,32,33)/t20-,26+/m1/s1. The first-order valence-corrected chi connectivity index (χ1v) is 13.0. The van der Waals surface area contributed by atoms with Gasteiger partial charge in [-0.25, -0.2) is 4.98 Å². The van der Waals surface area contributed by atoms with E-state index in [4.69, 9.17) is 4.98 Å². The minimum absolute atomic E-state index is 0.490. The Balaban J connectivity index is 1.08. The number of likely N-dealkylation sites (tertiary alicyclic amines) is 1. The van der Waals surface area contributed by atoms with Crippen molar-refractivity contribution in [2.75, 3.05) is 25.0 Å². The molecule has 2 N–H and O–H groups in total. The molecule has 3 aliphatic rings. The van der Waals surface area contributed by atoms with Crippen LogP contribution in [-0.2, 0) is 17.6 Å². The van der Waals surface area contributed by atoms with E-state index in [0.29, 0.717) is 11.8 Å². The molecule has 5 nitrogen and oxygen atoms in total. The van der Waals surface area contributed by atoms with E-state index in [2.05, 4.69) is 34.5 Å². The number of fused-ring (bicyclic) bond motifs is 1. The van der Waals surface area contributed by atoms with Crippen molar-refractivity contribution in [3.05, 3.63) is 58.8 Å². The number of pyridine rings is 1. The van der Waals surface area contributed by atoms with E-state index < -0.39 is 12.0 Å². The molecule has 1 saturated carbocycles. The van der Waals surface area contributed by atoms with Crippen LogP contribution in [0.1, 0.15) is 85.7 Å². The summed E-state index contributed by atoms with van der Waals surface area (Å²) in [4.78, 5) is 19.3. The molecule has 2 fully saturated rings. The summed E-state index contributed by atoms with van der Waals surface area (Å²) in [6.07, 6.45) is 11.7. The summed E-state index contributed by atoms with van der Waals surface area (Å²) in [7, 11) is 0. The molecular formula is C28H37N3O2. The molecule has 0 radical (unpaired) electrons. The summed E-state index contributed by atoms with van der Waals surface area (Å²) in [5, 5.41) is 13.5. The molecule has 3 heterocycles. The lowest BCUT2D eigenvalue weighted by atomic mass is 9.96. The Morgan fingerprint density at radius 3 is 2.85 bits per heavy atom. The van der Waals surface area contributed by atoms with Crippen LogP contribution in [-0.4, -0.2) is 40.6 Å². The minimum atomic E-state index is -0.698. The van der Waals surface area contributed by atoms with Gasteiger partial charge in [0, 0.05) is 18.8 Å². The van der Waals surface area contributed by atoms with E-state index in [1.54, 1.807) is 0 Å². The van der Waals surface area contributed by atoms with Crippen molar-refractivity contribution in [1.29, 1.82) is 0 Å². The summed E-state index contributed by atoms with van der Waals surface area (Å²) in [6.45, 7) is 2.84. The lowest BCUT2D eigenvalue weighted by Crippen LogP contribution is -2.33. The topological polar surface area (TPSA) is 65.5 Å². The number of nitrogens with one attached hydrogen (secondary N) is 1. The van der Waals surface area contributed by atoms with Crippen LogP contribution in [0.2, 0.25) is 0 Å². The SMILES string of the molecule is O=C(O)[C@H](c1ccccc1C1CC1)N1CC[C@@H](CCCCCc2ccc3c(n2)NCCC3)C1. The number of unbranched alkanes of at least 4 members (excludes halogenated alkanes) is 2. The molecule has 0 unspecified atom stereocenters. The van der Waals surface area contributed by atoms with Crippen LogP contribution >= 0.6 is 0 Å². The van der Waals surface area contributed by atoms with E-state index in [0.717, 1.165) is 50.3 Å². The number of rotatable bonds is 10. The van der Waals surface area contributed by atoms with Crippen LogP contribution in [0.4, 0.5) is 5.82 Å². The van der Waals surface area contributed by atoms with Crippen molar-refractivity contribution in [2.45, 2.75) is 76.2 Å². The van der Waals surface area contributed by atoms with Crippen molar-refractivity contribution >= 4 is 11.8 Å². The van der Waals surface area contributed by atoms with Gasteiger partial charge in [-0.2, -0.15) is 0 Å². The normalized spacial score (nSPS) is 21.4. The fraction of sp³-hybridized carbons (Fsp3) is 0.571. The van der Waals surface area contributed by atoms with Gasteiger partial charge < -0.3 is 10.4 Å². The second kappa shape index (κ2) is 10.3. The summed E-state index contributed by atoms with van der Waals surface area (Å²) < 4.78 is 0. The summed E-state index contributed by atoms with van der Waals surface area (Å²) in [6, 6.07) is 12.2. The highest BCUT2D eigenvalue weighted by atomic mass is 16.4. The quantitative estimate of drug-likeness (QED) is 0.466. The molecule has 0 bridgehead atoms. The Morgan fingerprint density at radius 1 is 1.12 bits per heavy atom. The maximum atomic E-state index is 12.3. The highest BCUT2D eigenvalue weighted by Crippen LogP contribution is 2.44. The number of hydrogen-bond donors (Lipinski definition) is 2.